The average Bonchev–Trinajstić information content (AvgIpc) is 3.53. The van der Waals surface area contributed by atoms with Crippen molar-refractivity contribution in [3.05, 3.63) is 64.7 Å². The smallest absolute Gasteiger partial charge is 0.326 e. The number of aryl methyl sites for hydroxylation is 2. The van der Waals surface area contributed by atoms with Crippen LogP contribution in [-0.2, 0) is 29.0 Å². The Hall–Kier alpha value is -2.86. The molecule has 1 saturated carbocycles. The molecule has 0 aromatic heterocycles. The maximum absolute atomic E-state index is 14.2. The SMILES string of the molecule is COc1cc2c(cc1CN[C@H]1[C@H](C(C)(C)C)[C@@H](C(=O)O)N(C(=O)C3CCCCC3)[C@H]1c1ccccc1)CCC2. The summed E-state index contributed by atoms with van der Waals surface area (Å²) in [5, 5.41) is 14.5. The Morgan fingerprint density at radius 1 is 1.00 bits per heavy atom. The molecular formula is C33H44N2O4. The normalized spacial score (nSPS) is 25.5. The first-order valence-electron chi connectivity index (χ1n) is 14.7. The van der Waals surface area contributed by atoms with Crippen LogP contribution in [0, 0.1) is 17.3 Å². The van der Waals surface area contributed by atoms with Crippen molar-refractivity contribution < 1.29 is 19.4 Å². The van der Waals surface area contributed by atoms with E-state index in [0.717, 1.165) is 61.8 Å². The minimum Gasteiger partial charge on any atom is -0.496 e. The maximum Gasteiger partial charge on any atom is 0.326 e. The summed E-state index contributed by atoms with van der Waals surface area (Å²) in [5.41, 5.74) is 4.46. The van der Waals surface area contributed by atoms with E-state index in [4.69, 9.17) is 4.74 Å². The molecular weight excluding hydrogens is 488 g/mol. The monoisotopic (exact) mass is 532 g/mol. The second-order valence-corrected chi connectivity index (χ2v) is 12.8. The van der Waals surface area contributed by atoms with Gasteiger partial charge in [-0.05, 0) is 60.3 Å². The fourth-order valence-electron chi connectivity index (χ4n) is 7.50. The predicted molar refractivity (Wildman–Crippen MR) is 153 cm³/mol. The number of carboxylic acids is 1. The second kappa shape index (κ2) is 11.3. The van der Waals surface area contributed by atoms with E-state index in [2.05, 4.69) is 38.2 Å². The van der Waals surface area contributed by atoms with E-state index < -0.39 is 12.0 Å². The Bertz CT molecular complexity index is 1180. The Kier molecular flexibility index (Phi) is 8.04. The van der Waals surface area contributed by atoms with Crippen LogP contribution in [0.25, 0.3) is 0 Å². The number of benzene rings is 2. The quantitative estimate of drug-likeness (QED) is 0.463. The zero-order valence-electron chi connectivity index (χ0n) is 23.9. The van der Waals surface area contributed by atoms with Crippen LogP contribution in [0.15, 0.2) is 42.5 Å². The summed E-state index contributed by atoms with van der Waals surface area (Å²) >= 11 is 0. The fraction of sp³-hybridized carbons (Fsp3) is 0.576. The van der Waals surface area contributed by atoms with E-state index in [1.165, 1.54) is 17.5 Å². The molecule has 2 aromatic carbocycles. The van der Waals surface area contributed by atoms with Crippen LogP contribution in [0.1, 0.15) is 87.6 Å². The highest BCUT2D eigenvalue weighted by atomic mass is 16.5. The molecule has 39 heavy (non-hydrogen) atoms. The molecule has 0 bridgehead atoms. The van der Waals surface area contributed by atoms with Crippen molar-refractivity contribution in [1.82, 2.24) is 10.2 Å². The van der Waals surface area contributed by atoms with E-state index in [1.54, 1.807) is 12.0 Å². The number of fused-ring (bicyclic) bond motifs is 1. The molecule has 210 valence electrons. The van der Waals surface area contributed by atoms with Gasteiger partial charge in [0.1, 0.15) is 11.8 Å². The molecule has 0 radical (unpaired) electrons. The molecule has 4 atom stereocenters. The lowest BCUT2D eigenvalue weighted by atomic mass is 9.72. The van der Waals surface area contributed by atoms with Crippen molar-refractivity contribution in [3.63, 3.8) is 0 Å². The van der Waals surface area contributed by atoms with Gasteiger partial charge in [0, 0.05) is 30.0 Å². The molecule has 0 spiro atoms. The van der Waals surface area contributed by atoms with Crippen LogP contribution in [0.4, 0.5) is 0 Å². The number of nitrogens with one attached hydrogen (secondary N) is 1. The molecule has 6 heteroatoms. The van der Waals surface area contributed by atoms with Gasteiger partial charge in [-0.15, -0.1) is 0 Å². The van der Waals surface area contributed by atoms with Gasteiger partial charge in [0.25, 0.3) is 0 Å². The van der Waals surface area contributed by atoms with Crippen molar-refractivity contribution in [1.29, 1.82) is 0 Å². The summed E-state index contributed by atoms with van der Waals surface area (Å²) in [6, 6.07) is 12.9. The van der Waals surface area contributed by atoms with Gasteiger partial charge in [-0.25, -0.2) is 4.79 Å². The van der Waals surface area contributed by atoms with Crippen LogP contribution in [0.3, 0.4) is 0 Å². The summed E-state index contributed by atoms with van der Waals surface area (Å²) < 4.78 is 5.79. The first kappa shape index (κ1) is 27.7. The van der Waals surface area contributed by atoms with Gasteiger partial charge < -0.3 is 20.1 Å². The number of nitrogens with zero attached hydrogens (tertiary/aromatic N) is 1. The number of hydrogen-bond acceptors (Lipinski definition) is 4. The summed E-state index contributed by atoms with van der Waals surface area (Å²) in [4.78, 5) is 29.0. The van der Waals surface area contributed by atoms with E-state index in [0.29, 0.717) is 6.54 Å². The molecule has 2 fully saturated rings. The summed E-state index contributed by atoms with van der Waals surface area (Å²) in [7, 11) is 1.71. The van der Waals surface area contributed by atoms with E-state index in [-0.39, 0.29) is 35.2 Å². The summed E-state index contributed by atoms with van der Waals surface area (Å²) in [6.07, 6.45) is 8.22. The minimum atomic E-state index is -0.917. The standard InChI is InChI=1S/C33H44N2O4/c1-33(2,3)27-28(34-20-25-18-23-16-11-17-24(23)19-26(25)39-4)29(21-12-7-5-8-13-21)35(30(27)32(37)38)31(36)22-14-9-6-10-15-22/h5,7-8,12-13,18-19,22,27-30,34H,6,9-11,14-17,20H2,1-4H3,(H,37,38)/t27-,28-,29-,30-/m0/s1. The third kappa shape index (κ3) is 5.45. The van der Waals surface area contributed by atoms with Gasteiger partial charge in [0.15, 0.2) is 0 Å². The molecule has 1 aliphatic heterocycles. The van der Waals surface area contributed by atoms with E-state index in [1.807, 2.05) is 30.3 Å². The minimum absolute atomic E-state index is 0.00427. The van der Waals surface area contributed by atoms with Crippen LogP contribution >= 0.6 is 0 Å². The third-order valence-corrected chi connectivity index (χ3v) is 9.29. The lowest BCUT2D eigenvalue weighted by molar-refractivity contribution is -0.154. The van der Waals surface area contributed by atoms with Gasteiger partial charge in [-0.2, -0.15) is 0 Å². The van der Waals surface area contributed by atoms with Crippen LogP contribution < -0.4 is 10.1 Å². The first-order chi connectivity index (χ1) is 18.7. The fourth-order valence-corrected chi connectivity index (χ4v) is 7.50. The number of rotatable bonds is 7. The molecule has 2 N–H and O–H groups in total. The topological polar surface area (TPSA) is 78.9 Å². The number of hydrogen-bond donors (Lipinski definition) is 2. The van der Waals surface area contributed by atoms with Crippen molar-refractivity contribution in [2.75, 3.05) is 7.11 Å². The van der Waals surface area contributed by atoms with Gasteiger partial charge in [0.05, 0.1) is 13.2 Å². The number of methoxy groups -OCH3 is 1. The zero-order valence-corrected chi connectivity index (χ0v) is 23.9. The lowest BCUT2D eigenvalue weighted by Crippen LogP contribution is -2.49. The van der Waals surface area contributed by atoms with Crippen molar-refractivity contribution in [2.45, 2.75) is 96.8 Å². The largest absolute Gasteiger partial charge is 0.496 e. The molecule has 1 heterocycles. The van der Waals surface area contributed by atoms with Crippen molar-refractivity contribution in [2.24, 2.45) is 17.3 Å². The molecule has 1 amide bonds. The Morgan fingerprint density at radius 2 is 1.67 bits per heavy atom. The Balaban J connectivity index is 1.57. The summed E-state index contributed by atoms with van der Waals surface area (Å²) in [5.74, 6) is -0.435. The Labute approximate surface area is 233 Å². The molecule has 1 saturated heterocycles. The summed E-state index contributed by atoms with van der Waals surface area (Å²) in [6.45, 7) is 6.87. The van der Waals surface area contributed by atoms with Gasteiger partial charge in [0.2, 0.25) is 5.91 Å². The highest BCUT2D eigenvalue weighted by molar-refractivity contribution is 5.87. The molecule has 2 aromatic rings. The van der Waals surface area contributed by atoms with Gasteiger partial charge >= 0.3 is 5.97 Å². The number of ether oxygens (including phenoxy) is 1. The average molecular weight is 533 g/mol. The number of carbonyl (C=O) groups excluding carboxylic acids is 1. The third-order valence-electron chi connectivity index (χ3n) is 9.29. The number of aliphatic carboxylic acids is 1. The van der Waals surface area contributed by atoms with Crippen molar-refractivity contribution in [3.8, 4) is 5.75 Å². The predicted octanol–water partition coefficient (Wildman–Crippen LogP) is 5.92. The van der Waals surface area contributed by atoms with Crippen LogP contribution in [-0.4, -0.2) is 41.1 Å². The van der Waals surface area contributed by atoms with Gasteiger partial charge in [-0.3, -0.25) is 4.79 Å². The molecule has 0 unspecified atom stereocenters. The number of amides is 1. The molecule has 3 aliphatic rings. The lowest BCUT2D eigenvalue weighted by Gasteiger charge is -2.36. The van der Waals surface area contributed by atoms with Crippen LogP contribution in [0.2, 0.25) is 0 Å². The molecule has 5 rings (SSSR count). The van der Waals surface area contributed by atoms with E-state index in [9.17, 15) is 14.7 Å². The number of likely N-dealkylation sites (tertiary alicyclic amines) is 1. The zero-order chi connectivity index (χ0) is 27.7. The highest BCUT2D eigenvalue weighted by Gasteiger charge is 2.58. The first-order valence-corrected chi connectivity index (χ1v) is 14.7. The molecule has 6 nitrogen and oxygen atoms in total. The maximum atomic E-state index is 14.2. The Morgan fingerprint density at radius 3 is 2.28 bits per heavy atom. The van der Waals surface area contributed by atoms with Crippen molar-refractivity contribution >= 4 is 11.9 Å². The highest BCUT2D eigenvalue weighted by Crippen LogP contribution is 2.49. The second-order valence-electron chi connectivity index (χ2n) is 12.8. The molecule has 2 aliphatic carbocycles. The van der Waals surface area contributed by atoms with Gasteiger partial charge in [-0.1, -0.05) is 76.4 Å². The van der Waals surface area contributed by atoms with E-state index >= 15 is 0 Å². The van der Waals surface area contributed by atoms with Crippen LogP contribution in [0.5, 0.6) is 5.75 Å². The number of carbonyl (C=O) groups is 2. The number of carboxylic acid groups (broad SMARTS) is 1.